The molecule has 1 aliphatic heterocycles. The van der Waals surface area contributed by atoms with Crippen LogP contribution < -0.4 is 5.32 Å². The van der Waals surface area contributed by atoms with Gasteiger partial charge >= 0.3 is 0 Å². The standard InChI is InChI=1S/C17H23N5O4S3/c1-3-22(9-14(23)18-12-6-8-29(25,26)11-12)15(24)10-28-17-20-19-16(21(17)2)13-5-4-7-27-13/h4-5,7,12H,3,6,8-11H2,1-2H3,(H,18,23). The number of nitrogens with zero attached hydrogens (tertiary/aromatic N) is 4. The number of thioether (sulfide) groups is 1. The summed E-state index contributed by atoms with van der Waals surface area (Å²) in [6.07, 6.45) is 0.419. The van der Waals surface area contributed by atoms with Crippen molar-refractivity contribution < 1.29 is 18.0 Å². The SMILES string of the molecule is CCN(CC(=O)NC1CCS(=O)(=O)C1)C(=O)CSc1nnc(-c2cccs2)n1C. The van der Waals surface area contributed by atoms with E-state index in [0.717, 1.165) is 10.7 Å². The Bertz CT molecular complexity index is 971. The topological polar surface area (TPSA) is 114 Å². The molecule has 0 saturated carbocycles. The van der Waals surface area contributed by atoms with E-state index in [1.807, 2.05) is 29.1 Å². The van der Waals surface area contributed by atoms with Crippen molar-refractivity contribution >= 4 is 44.8 Å². The lowest BCUT2D eigenvalue weighted by Crippen LogP contribution is -2.45. The molecule has 1 saturated heterocycles. The van der Waals surface area contributed by atoms with Crippen LogP contribution in [0.2, 0.25) is 0 Å². The fraction of sp³-hybridized carbons (Fsp3) is 0.529. The van der Waals surface area contributed by atoms with Crippen molar-refractivity contribution in [2.45, 2.75) is 24.5 Å². The highest BCUT2D eigenvalue weighted by molar-refractivity contribution is 7.99. The number of nitrogens with one attached hydrogen (secondary N) is 1. The van der Waals surface area contributed by atoms with E-state index >= 15 is 0 Å². The van der Waals surface area contributed by atoms with Crippen LogP contribution in [-0.4, -0.2) is 76.3 Å². The van der Waals surface area contributed by atoms with Gasteiger partial charge in [-0.1, -0.05) is 17.8 Å². The van der Waals surface area contributed by atoms with Crippen LogP contribution in [-0.2, 0) is 26.5 Å². The van der Waals surface area contributed by atoms with Gasteiger partial charge < -0.3 is 14.8 Å². The molecule has 158 valence electrons. The van der Waals surface area contributed by atoms with Gasteiger partial charge in [0.05, 0.1) is 28.7 Å². The molecule has 29 heavy (non-hydrogen) atoms. The number of carbonyl (C=O) groups excluding carboxylic acids is 2. The number of amides is 2. The fourth-order valence-corrected chi connectivity index (χ4v) is 6.24. The Balaban J connectivity index is 1.52. The maximum Gasteiger partial charge on any atom is 0.239 e. The van der Waals surface area contributed by atoms with Gasteiger partial charge in [-0.3, -0.25) is 9.59 Å². The Hall–Kier alpha value is -1.92. The number of thiophene rings is 1. The van der Waals surface area contributed by atoms with Crippen LogP contribution in [0.25, 0.3) is 10.7 Å². The van der Waals surface area contributed by atoms with E-state index in [2.05, 4.69) is 15.5 Å². The van der Waals surface area contributed by atoms with Crippen molar-refractivity contribution in [3.8, 4) is 10.7 Å². The third-order valence-corrected chi connectivity index (χ3v) is 8.21. The Kier molecular flexibility index (Phi) is 6.96. The number of rotatable bonds is 8. The minimum absolute atomic E-state index is 0.0343. The van der Waals surface area contributed by atoms with Crippen LogP contribution in [0.4, 0.5) is 0 Å². The molecule has 12 heteroatoms. The van der Waals surface area contributed by atoms with Gasteiger partial charge in [-0.25, -0.2) is 8.42 Å². The molecule has 1 fully saturated rings. The highest BCUT2D eigenvalue weighted by Crippen LogP contribution is 2.26. The predicted molar refractivity (Wildman–Crippen MR) is 112 cm³/mol. The van der Waals surface area contributed by atoms with Gasteiger partial charge in [0.2, 0.25) is 11.8 Å². The summed E-state index contributed by atoms with van der Waals surface area (Å²) in [5.41, 5.74) is 0. The van der Waals surface area contributed by atoms with Gasteiger partial charge in [0.15, 0.2) is 20.8 Å². The number of sulfone groups is 1. The average Bonchev–Trinajstić information content (AvgIpc) is 3.38. The van der Waals surface area contributed by atoms with Gasteiger partial charge in [0.1, 0.15) is 0 Å². The smallest absolute Gasteiger partial charge is 0.239 e. The zero-order chi connectivity index (χ0) is 21.0. The van der Waals surface area contributed by atoms with Crippen LogP contribution in [0.3, 0.4) is 0 Å². The molecule has 1 atom stereocenters. The van der Waals surface area contributed by atoms with E-state index in [0.29, 0.717) is 18.1 Å². The minimum Gasteiger partial charge on any atom is -0.351 e. The number of likely N-dealkylation sites (N-methyl/N-ethyl adjacent to an activating group) is 1. The highest BCUT2D eigenvalue weighted by atomic mass is 32.2. The van der Waals surface area contributed by atoms with E-state index in [9.17, 15) is 18.0 Å². The molecule has 3 rings (SSSR count). The molecule has 1 aliphatic rings. The average molecular weight is 458 g/mol. The Morgan fingerprint density at radius 3 is 2.83 bits per heavy atom. The van der Waals surface area contributed by atoms with Gasteiger partial charge in [-0.15, -0.1) is 21.5 Å². The van der Waals surface area contributed by atoms with Crippen LogP contribution in [0, 0.1) is 0 Å². The molecular formula is C17H23N5O4S3. The van der Waals surface area contributed by atoms with Crippen molar-refractivity contribution in [1.82, 2.24) is 25.0 Å². The lowest BCUT2D eigenvalue weighted by Gasteiger charge is -2.21. The molecule has 1 N–H and O–H groups in total. The summed E-state index contributed by atoms with van der Waals surface area (Å²) >= 11 is 2.83. The molecule has 0 spiro atoms. The summed E-state index contributed by atoms with van der Waals surface area (Å²) in [4.78, 5) is 27.2. The molecule has 2 aromatic rings. The summed E-state index contributed by atoms with van der Waals surface area (Å²) in [6, 6.07) is 3.53. The van der Waals surface area contributed by atoms with Gasteiger partial charge in [-0.05, 0) is 24.8 Å². The maximum atomic E-state index is 12.5. The summed E-state index contributed by atoms with van der Waals surface area (Å²) in [7, 11) is -1.21. The molecule has 3 heterocycles. The highest BCUT2D eigenvalue weighted by Gasteiger charge is 2.29. The summed E-state index contributed by atoms with van der Waals surface area (Å²) in [5.74, 6) is 0.408. The van der Waals surface area contributed by atoms with Crippen LogP contribution in [0.15, 0.2) is 22.7 Å². The molecule has 9 nitrogen and oxygen atoms in total. The van der Waals surface area contributed by atoms with Gasteiger partial charge in [0.25, 0.3) is 0 Å². The fourth-order valence-electron chi connectivity index (χ4n) is 3.01. The van der Waals surface area contributed by atoms with Crippen LogP contribution in [0.1, 0.15) is 13.3 Å². The van der Waals surface area contributed by atoms with Crippen molar-refractivity contribution in [3.63, 3.8) is 0 Å². The van der Waals surface area contributed by atoms with E-state index in [1.54, 1.807) is 18.3 Å². The van der Waals surface area contributed by atoms with Crippen molar-refractivity contribution in [1.29, 1.82) is 0 Å². The van der Waals surface area contributed by atoms with Crippen LogP contribution in [0.5, 0.6) is 0 Å². The molecule has 1 unspecified atom stereocenters. The van der Waals surface area contributed by atoms with E-state index in [1.165, 1.54) is 16.7 Å². The third kappa shape index (κ3) is 5.58. The Labute approximate surface area is 177 Å². The summed E-state index contributed by atoms with van der Waals surface area (Å²) in [5, 5.41) is 13.6. The summed E-state index contributed by atoms with van der Waals surface area (Å²) in [6.45, 7) is 2.09. The minimum atomic E-state index is -3.06. The van der Waals surface area contributed by atoms with E-state index in [-0.39, 0.29) is 41.7 Å². The molecule has 0 aromatic carbocycles. The molecule has 2 aromatic heterocycles. The Morgan fingerprint density at radius 2 is 2.21 bits per heavy atom. The first-order valence-electron chi connectivity index (χ1n) is 9.12. The number of carbonyl (C=O) groups is 2. The lowest BCUT2D eigenvalue weighted by atomic mass is 10.2. The Morgan fingerprint density at radius 1 is 1.41 bits per heavy atom. The zero-order valence-corrected chi connectivity index (χ0v) is 18.6. The largest absolute Gasteiger partial charge is 0.351 e. The molecule has 0 radical (unpaired) electrons. The number of hydrogen-bond donors (Lipinski definition) is 1. The van der Waals surface area contributed by atoms with Crippen molar-refractivity contribution in [2.75, 3.05) is 30.3 Å². The molecule has 0 bridgehead atoms. The van der Waals surface area contributed by atoms with Gasteiger partial charge in [0, 0.05) is 19.6 Å². The van der Waals surface area contributed by atoms with Crippen molar-refractivity contribution in [2.24, 2.45) is 7.05 Å². The monoisotopic (exact) mass is 457 g/mol. The predicted octanol–water partition coefficient (Wildman–Crippen LogP) is 0.787. The quantitative estimate of drug-likeness (QED) is 0.583. The first-order chi connectivity index (χ1) is 13.8. The number of hydrogen-bond acceptors (Lipinski definition) is 8. The zero-order valence-electron chi connectivity index (χ0n) is 16.2. The maximum absolute atomic E-state index is 12.5. The third-order valence-electron chi connectivity index (χ3n) is 4.57. The summed E-state index contributed by atoms with van der Waals surface area (Å²) < 4.78 is 24.8. The van der Waals surface area contributed by atoms with E-state index in [4.69, 9.17) is 0 Å². The molecule has 2 amide bonds. The van der Waals surface area contributed by atoms with Crippen LogP contribution >= 0.6 is 23.1 Å². The molecule has 0 aliphatic carbocycles. The normalized spacial score (nSPS) is 17.9. The second-order valence-electron chi connectivity index (χ2n) is 6.71. The first-order valence-corrected chi connectivity index (χ1v) is 12.8. The number of aromatic nitrogens is 3. The van der Waals surface area contributed by atoms with Gasteiger partial charge in [-0.2, -0.15) is 0 Å². The van der Waals surface area contributed by atoms with Crippen molar-refractivity contribution in [3.05, 3.63) is 17.5 Å². The lowest BCUT2D eigenvalue weighted by molar-refractivity contribution is -0.134. The van der Waals surface area contributed by atoms with E-state index < -0.39 is 9.84 Å². The molecular weight excluding hydrogens is 434 g/mol. The second-order valence-corrected chi connectivity index (χ2v) is 10.8. The first kappa shape index (κ1) is 21.8. The second kappa shape index (κ2) is 9.26.